The monoisotopic (exact) mass is 237 g/mol. The number of nitrogens with one attached hydrogen (secondary N) is 1. The van der Waals surface area contributed by atoms with Crippen LogP contribution in [0.25, 0.3) is 0 Å². The van der Waals surface area contributed by atoms with Crippen molar-refractivity contribution in [3.63, 3.8) is 0 Å². The van der Waals surface area contributed by atoms with Crippen LogP contribution in [0.2, 0.25) is 0 Å². The second kappa shape index (κ2) is 19.7. The lowest BCUT2D eigenvalue weighted by atomic mass is 10.7. The lowest BCUT2D eigenvalue weighted by Gasteiger charge is -2.04. The number of aliphatic hydroxyl groups excluding tert-OH is 2. The molecule has 0 aromatic rings. The highest BCUT2D eigenvalue weighted by molar-refractivity contribution is 5.26. The summed E-state index contributed by atoms with van der Waals surface area (Å²) >= 11 is 0. The zero-order chi connectivity index (χ0) is 12.5. The molecule has 16 heavy (non-hydrogen) atoms. The maximum Gasteiger partial charge on any atom is 0.231 e. The number of rotatable bonds is 10. The van der Waals surface area contributed by atoms with E-state index in [1.165, 1.54) is 0 Å². The van der Waals surface area contributed by atoms with Gasteiger partial charge in [0.25, 0.3) is 0 Å². The van der Waals surface area contributed by atoms with Crippen LogP contribution in [-0.2, 0) is 19.0 Å². The summed E-state index contributed by atoms with van der Waals surface area (Å²) in [4.78, 5) is 8.35. The van der Waals surface area contributed by atoms with Crippen molar-refractivity contribution in [3.8, 4) is 0 Å². The van der Waals surface area contributed by atoms with Crippen molar-refractivity contribution in [1.29, 1.82) is 5.41 Å². The van der Waals surface area contributed by atoms with Gasteiger partial charge in [0.05, 0.1) is 52.9 Å². The minimum absolute atomic E-state index is 0.0413. The minimum atomic E-state index is 0.0413. The average molecular weight is 237 g/mol. The molecule has 0 aliphatic heterocycles. The highest BCUT2D eigenvalue weighted by Crippen LogP contribution is 1.80. The number of carbonyl (C=O) groups excluding carboxylic acids is 1. The van der Waals surface area contributed by atoms with Crippen molar-refractivity contribution in [2.45, 2.75) is 0 Å². The van der Waals surface area contributed by atoms with Crippen LogP contribution in [0.15, 0.2) is 0 Å². The summed E-state index contributed by atoms with van der Waals surface area (Å²) in [6.07, 6.45) is 0.750. The number of isocyanates is 1. The van der Waals surface area contributed by atoms with Crippen LogP contribution in [0.3, 0.4) is 0 Å². The van der Waals surface area contributed by atoms with E-state index in [1.54, 1.807) is 0 Å². The van der Waals surface area contributed by atoms with Gasteiger partial charge in [-0.05, 0) is 0 Å². The van der Waals surface area contributed by atoms with Crippen LogP contribution in [0, 0.1) is 5.41 Å². The summed E-state index contributed by atoms with van der Waals surface area (Å²) in [5, 5.41) is 22.1. The van der Waals surface area contributed by atoms with Gasteiger partial charge in [0.15, 0.2) is 0 Å². The molecule has 3 N–H and O–H groups in total. The highest BCUT2D eigenvalue weighted by Gasteiger charge is 1.89. The zero-order valence-corrected chi connectivity index (χ0v) is 9.18. The van der Waals surface area contributed by atoms with Crippen LogP contribution in [0.4, 0.5) is 0 Å². The highest BCUT2D eigenvalue weighted by atomic mass is 16.5. The Morgan fingerprint density at radius 1 is 0.812 bits per heavy atom. The molecule has 0 aliphatic carbocycles. The SMILES string of the molecule is N=C=O.OCCOCCOCCOCCO. The van der Waals surface area contributed by atoms with E-state index in [2.05, 4.69) is 0 Å². The molecule has 96 valence electrons. The van der Waals surface area contributed by atoms with E-state index in [0.717, 1.165) is 6.08 Å². The normalized spacial score (nSPS) is 9.12. The Balaban J connectivity index is 0. The third-order valence-electron chi connectivity index (χ3n) is 1.22. The Labute approximate surface area is 94.4 Å². The molecule has 0 aromatic carbocycles. The molecule has 0 fully saturated rings. The summed E-state index contributed by atoms with van der Waals surface area (Å²) in [5.41, 5.74) is 0. The smallest absolute Gasteiger partial charge is 0.231 e. The van der Waals surface area contributed by atoms with Crippen molar-refractivity contribution in [2.75, 3.05) is 52.9 Å². The summed E-state index contributed by atoms with van der Waals surface area (Å²) in [6, 6.07) is 0. The van der Waals surface area contributed by atoms with Gasteiger partial charge >= 0.3 is 0 Å². The standard InChI is InChI=1S/C8H18O5.CHNO/c9-1-3-11-5-7-13-8-6-12-4-2-10;2-1-3/h9-10H,1-8H2;2H. The first kappa shape index (κ1) is 17.6. The molecule has 0 atom stereocenters. The van der Waals surface area contributed by atoms with Crippen LogP contribution in [0.1, 0.15) is 0 Å². The largest absolute Gasteiger partial charge is 0.394 e. The predicted octanol–water partition coefficient (Wildman–Crippen LogP) is -1.08. The summed E-state index contributed by atoms with van der Waals surface area (Å²) in [6.45, 7) is 2.76. The van der Waals surface area contributed by atoms with Gasteiger partial charge in [-0.25, -0.2) is 10.2 Å². The minimum Gasteiger partial charge on any atom is -0.394 e. The van der Waals surface area contributed by atoms with Crippen molar-refractivity contribution >= 4 is 6.08 Å². The van der Waals surface area contributed by atoms with Gasteiger partial charge in [0.2, 0.25) is 6.08 Å². The molecule has 0 rings (SSSR count). The van der Waals surface area contributed by atoms with Crippen LogP contribution >= 0.6 is 0 Å². The average Bonchev–Trinajstić information content (AvgIpc) is 2.28. The Bertz CT molecular complexity index is 139. The van der Waals surface area contributed by atoms with E-state index < -0.39 is 0 Å². The molecule has 0 saturated heterocycles. The molecule has 0 aliphatic rings. The molecule has 0 saturated carbocycles. The molecule has 0 aromatic heterocycles. The summed E-state index contributed by atoms with van der Waals surface area (Å²) in [5.74, 6) is 0. The van der Waals surface area contributed by atoms with Crippen molar-refractivity contribution in [3.05, 3.63) is 0 Å². The maximum absolute atomic E-state index is 8.36. The molecule has 0 spiro atoms. The molecule has 7 heteroatoms. The fourth-order valence-electron chi connectivity index (χ4n) is 0.671. The van der Waals surface area contributed by atoms with Crippen LogP contribution < -0.4 is 0 Å². The molecule has 0 bridgehead atoms. The molecule has 7 nitrogen and oxygen atoms in total. The van der Waals surface area contributed by atoms with Gasteiger partial charge in [-0.2, -0.15) is 0 Å². The maximum atomic E-state index is 8.36. The first-order valence-electron chi connectivity index (χ1n) is 4.82. The summed E-state index contributed by atoms with van der Waals surface area (Å²) < 4.78 is 15.0. The number of hydrogen-bond acceptors (Lipinski definition) is 7. The van der Waals surface area contributed by atoms with Gasteiger partial charge in [-0.15, -0.1) is 0 Å². The fraction of sp³-hybridized carbons (Fsp3) is 0.889. The third-order valence-corrected chi connectivity index (χ3v) is 1.22. The zero-order valence-electron chi connectivity index (χ0n) is 9.18. The second-order valence-corrected chi connectivity index (χ2v) is 2.39. The van der Waals surface area contributed by atoms with E-state index in [4.69, 9.17) is 34.6 Å². The lowest BCUT2D eigenvalue weighted by molar-refractivity contribution is 0.00230. The molecule has 0 amide bonds. The molecular weight excluding hydrogens is 218 g/mol. The van der Waals surface area contributed by atoms with E-state index in [0.29, 0.717) is 39.6 Å². The van der Waals surface area contributed by atoms with Gasteiger partial charge < -0.3 is 24.4 Å². The van der Waals surface area contributed by atoms with E-state index in [9.17, 15) is 0 Å². The number of hydrogen-bond donors (Lipinski definition) is 3. The van der Waals surface area contributed by atoms with Crippen LogP contribution in [-0.4, -0.2) is 69.1 Å². The Morgan fingerprint density at radius 3 is 1.31 bits per heavy atom. The van der Waals surface area contributed by atoms with Crippen LogP contribution in [0.5, 0.6) is 0 Å². The van der Waals surface area contributed by atoms with Gasteiger partial charge in [-0.1, -0.05) is 0 Å². The fourth-order valence-corrected chi connectivity index (χ4v) is 0.671. The predicted molar refractivity (Wildman–Crippen MR) is 55.0 cm³/mol. The van der Waals surface area contributed by atoms with Gasteiger partial charge in [-0.3, -0.25) is 0 Å². The van der Waals surface area contributed by atoms with Crippen molar-refractivity contribution in [1.82, 2.24) is 0 Å². The van der Waals surface area contributed by atoms with Gasteiger partial charge in [0, 0.05) is 0 Å². The number of aliphatic hydroxyl groups is 2. The molecule has 0 radical (unpaired) electrons. The summed E-state index contributed by atoms with van der Waals surface area (Å²) in [7, 11) is 0. The molecule has 0 unspecified atom stereocenters. The topological polar surface area (TPSA) is 109 Å². The first-order valence-corrected chi connectivity index (χ1v) is 4.82. The molecule has 0 heterocycles. The first-order chi connectivity index (χ1) is 7.83. The van der Waals surface area contributed by atoms with Crippen molar-refractivity contribution < 1.29 is 29.2 Å². The lowest BCUT2D eigenvalue weighted by Crippen LogP contribution is -2.11. The third kappa shape index (κ3) is 23.2. The van der Waals surface area contributed by atoms with E-state index in [-0.39, 0.29) is 13.2 Å². The molecular formula is C9H19NO6. The second-order valence-electron chi connectivity index (χ2n) is 2.39. The van der Waals surface area contributed by atoms with E-state index >= 15 is 0 Å². The Hall–Kier alpha value is -0.820. The van der Waals surface area contributed by atoms with Crippen molar-refractivity contribution in [2.24, 2.45) is 0 Å². The Kier molecular flexibility index (Phi) is 21.6. The number of ether oxygens (including phenoxy) is 3. The quantitative estimate of drug-likeness (QED) is 0.253. The van der Waals surface area contributed by atoms with E-state index in [1.807, 2.05) is 0 Å². The Morgan fingerprint density at radius 2 is 1.06 bits per heavy atom. The van der Waals surface area contributed by atoms with Gasteiger partial charge in [0.1, 0.15) is 0 Å².